The summed E-state index contributed by atoms with van der Waals surface area (Å²) in [6.07, 6.45) is 41.1. The van der Waals surface area contributed by atoms with Crippen LogP contribution in [-0.4, -0.2) is 16.4 Å². The highest BCUT2D eigenvalue weighted by Crippen LogP contribution is 2.12. The minimum atomic E-state index is -6.00. The van der Waals surface area contributed by atoms with Crippen molar-refractivity contribution >= 4 is 7.25 Å². The Labute approximate surface area is 266 Å². The molecule has 0 N–H and O–H groups in total. The predicted molar refractivity (Wildman–Crippen MR) is 165 cm³/mol. The van der Waals surface area contributed by atoms with E-state index in [1.807, 2.05) is 0 Å². The first-order valence-electron chi connectivity index (χ1n) is 16.5. The van der Waals surface area contributed by atoms with E-state index in [-0.39, 0.29) is 17.0 Å². The van der Waals surface area contributed by atoms with Crippen LogP contribution in [0.1, 0.15) is 142 Å². The average molecular weight is 670 g/mol. The minimum Gasteiger partial charge on any atom is -1.00 e. The van der Waals surface area contributed by atoms with Crippen LogP contribution in [0.15, 0.2) is 37.4 Å². The molecule has 0 aromatic carbocycles. The number of halogens is 5. The van der Waals surface area contributed by atoms with Crippen molar-refractivity contribution in [3.63, 3.8) is 0 Å². The van der Waals surface area contributed by atoms with E-state index in [4.69, 9.17) is 0 Å². The summed E-state index contributed by atoms with van der Waals surface area (Å²) in [4.78, 5) is 0. The Morgan fingerprint density at radius 3 is 0.929 bits per heavy atom. The number of aromatic nitrogens is 4. The van der Waals surface area contributed by atoms with Gasteiger partial charge in [0.05, 0.1) is 27.2 Å². The Kier molecular flexibility index (Phi) is 30.3. The van der Waals surface area contributed by atoms with Crippen molar-refractivity contribution in [3.05, 3.63) is 37.4 Å². The topological polar surface area (TPSA) is 17.6 Å². The van der Waals surface area contributed by atoms with Crippen molar-refractivity contribution in [1.29, 1.82) is 0 Å². The summed E-state index contributed by atoms with van der Waals surface area (Å²) in [6.45, 7) is 6.92. The van der Waals surface area contributed by atoms with E-state index in [2.05, 4.69) is 83.7 Å². The highest BCUT2D eigenvalue weighted by Gasteiger charge is 2.20. The van der Waals surface area contributed by atoms with Gasteiger partial charge in [-0.15, -0.1) is 0 Å². The van der Waals surface area contributed by atoms with Crippen molar-refractivity contribution in [1.82, 2.24) is 9.13 Å². The van der Waals surface area contributed by atoms with Crippen molar-refractivity contribution in [2.24, 2.45) is 14.1 Å². The molecule has 0 aliphatic heterocycles. The fourth-order valence-electron chi connectivity index (χ4n) is 4.83. The fourth-order valence-corrected chi connectivity index (χ4v) is 4.83. The van der Waals surface area contributed by atoms with E-state index in [0.29, 0.717) is 0 Å². The molecule has 42 heavy (non-hydrogen) atoms. The third-order valence-corrected chi connectivity index (χ3v) is 7.19. The molecule has 2 aromatic rings. The molecule has 0 bridgehead atoms. The number of nitrogens with zero attached hydrogens (tertiary/aromatic N) is 4. The molecule has 0 saturated heterocycles. The Balaban J connectivity index is 0. The molecule has 0 spiro atoms. The second-order valence-electron chi connectivity index (χ2n) is 11.5. The Bertz CT molecular complexity index is 748. The van der Waals surface area contributed by atoms with E-state index in [1.165, 1.54) is 142 Å². The lowest BCUT2D eigenvalue weighted by molar-refractivity contribution is -0.671. The molecule has 0 amide bonds. The Morgan fingerprint density at radius 1 is 0.476 bits per heavy atom. The third kappa shape index (κ3) is 33.2. The summed E-state index contributed by atoms with van der Waals surface area (Å²) in [5.41, 5.74) is 0. The van der Waals surface area contributed by atoms with Gasteiger partial charge in [0.1, 0.15) is 24.8 Å². The van der Waals surface area contributed by atoms with Crippen LogP contribution in [0.3, 0.4) is 0 Å². The van der Waals surface area contributed by atoms with Crippen molar-refractivity contribution in [2.45, 2.75) is 155 Å². The average Bonchev–Trinajstić information content (AvgIpc) is 3.53. The second kappa shape index (κ2) is 29.7. The van der Waals surface area contributed by atoms with Gasteiger partial charge in [-0.1, -0.05) is 117 Å². The summed E-state index contributed by atoms with van der Waals surface area (Å²) >= 11 is 0. The molecular formula is C32H62BBrF4N4. The molecule has 2 rings (SSSR count). The molecule has 0 saturated carbocycles. The van der Waals surface area contributed by atoms with Crippen LogP contribution < -0.4 is 26.1 Å². The van der Waals surface area contributed by atoms with Crippen molar-refractivity contribution < 1.29 is 43.4 Å². The molecule has 10 heteroatoms. The summed E-state index contributed by atoms with van der Waals surface area (Å²) in [5, 5.41) is 0. The zero-order chi connectivity index (χ0) is 30.6. The Hall–Kier alpha value is -1.32. The number of rotatable bonds is 22. The lowest BCUT2D eigenvalue weighted by Gasteiger charge is -2.01. The molecule has 0 fully saturated rings. The van der Waals surface area contributed by atoms with Crippen LogP contribution in [0, 0.1) is 0 Å². The van der Waals surface area contributed by atoms with Crippen LogP contribution in [0.4, 0.5) is 17.3 Å². The van der Waals surface area contributed by atoms with Crippen LogP contribution in [-0.2, 0) is 27.2 Å². The lowest BCUT2D eigenvalue weighted by atomic mass is 10.1. The number of aryl methyl sites for hydroxylation is 4. The predicted octanol–water partition coefficient (Wildman–Crippen LogP) is 6.77. The number of hydrogen-bond donors (Lipinski definition) is 0. The van der Waals surface area contributed by atoms with Gasteiger partial charge in [-0.05, 0) is 25.7 Å². The van der Waals surface area contributed by atoms with Gasteiger partial charge in [0.25, 0.3) is 0 Å². The van der Waals surface area contributed by atoms with Gasteiger partial charge in [0.15, 0.2) is 0 Å². The maximum Gasteiger partial charge on any atom is 0.673 e. The molecule has 0 atom stereocenters. The smallest absolute Gasteiger partial charge is 0.673 e. The van der Waals surface area contributed by atoms with Gasteiger partial charge in [0, 0.05) is 0 Å². The molecular weight excluding hydrogens is 607 g/mol. The van der Waals surface area contributed by atoms with Gasteiger partial charge in [-0.2, -0.15) is 0 Å². The molecule has 0 aliphatic rings. The monoisotopic (exact) mass is 668 g/mol. The highest BCUT2D eigenvalue weighted by molar-refractivity contribution is 6.50. The Morgan fingerprint density at radius 2 is 0.714 bits per heavy atom. The summed E-state index contributed by atoms with van der Waals surface area (Å²) in [6, 6.07) is 0. The van der Waals surface area contributed by atoms with Gasteiger partial charge >= 0.3 is 7.25 Å². The normalized spacial score (nSPS) is 10.9. The summed E-state index contributed by atoms with van der Waals surface area (Å²) < 4.78 is 47.8. The van der Waals surface area contributed by atoms with Crippen LogP contribution in [0.5, 0.6) is 0 Å². The molecule has 2 heterocycles. The van der Waals surface area contributed by atoms with Gasteiger partial charge in [-0.25, -0.2) is 18.3 Å². The van der Waals surface area contributed by atoms with Crippen molar-refractivity contribution in [3.8, 4) is 0 Å². The van der Waals surface area contributed by atoms with E-state index in [9.17, 15) is 17.3 Å². The first kappa shape index (κ1) is 42.8. The van der Waals surface area contributed by atoms with Crippen LogP contribution in [0.25, 0.3) is 0 Å². The number of unbranched alkanes of at least 4 members (excludes halogenated alkanes) is 18. The third-order valence-electron chi connectivity index (χ3n) is 7.19. The van der Waals surface area contributed by atoms with E-state index >= 15 is 0 Å². The molecule has 4 nitrogen and oxygen atoms in total. The minimum absolute atomic E-state index is 0. The van der Waals surface area contributed by atoms with Crippen LogP contribution in [0.2, 0.25) is 0 Å². The summed E-state index contributed by atoms with van der Waals surface area (Å²) in [5.74, 6) is 0. The highest BCUT2D eigenvalue weighted by atomic mass is 79.9. The number of hydrogen-bond acceptors (Lipinski definition) is 0. The van der Waals surface area contributed by atoms with Crippen molar-refractivity contribution in [2.75, 3.05) is 0 Å². The largest absolute Gasteiger partial charge is 1.00 e. The molecule has 0 aliphatic carbocycles. The molecule has 248 valence electrons. The van der Waals surface area contributed by atoms with Crippen LogP contribution >= 0.6 is 0 Å². The fraction of sp³-hybridized carbons (Fsp3) is 0.812. The van der Waals surface area contributed by atoms with E-state index < -0.39 is 7.25 Å². The van der Waals surface area contributed by atoms with Gasteiger partial charge in [-0.3, -0.25) is 0 Å². The lowest BCUT2D eigenvalue weighted by Crippen LogP contribution is -3.00. The zero-order valence-electron chi connectivity index (χ0n) is 27.3. The maximum atomic E-state index is 9.75. The quantitative estimate of drug-likeness (QED) is 0.0571. The maximum absolute atomic E-state index is 9.75. The van der Waals surface area contributed by atoms with Gasteiger partial charge < -0.3 is 34.2 Å². The van der Waals surface area contributed by atoms with Gasteiger partial charge in [0.2, 0.25) is 12.7 Å². The molecule has 0 radical (unpaired) electrons. The molecule has 2 aromatic heterocycles. The van der Waals surface area contributed by atoms with E-state index in [0.717, 1.165) is 0 Å². The SMILES string of the molecule is CCCCCCCCCCCCn1cc[n+](C)c1.CCCCCCCCCCCCn1cc[n+](C)c1.F[B-](F)(F)F.[Br-]. The standard InChI is InChI=1S/2C16H31N2.BF4.BrH/c2*1-3-4-5-6-7-8-9-10-11-12-13-18-15-14-17(2)16-18;2-1(3,4)5;/h2*14-16H,3-13H2,1-2H3;;1H/q2*+1;-1;/p-1. The molecule has 0 unspecified atom stereocenters. The zero-order valence-corrected chi connectivity index (χ0v) is 28.9. The summed E-state index contributed by atoms with van der Waals surface area (Å²) in [7, 11) is -1.84. The first-order valence-corrected chi connectivity index (χ1v) is 16.5. The second-order valence-corrected chi connectivity index (χ2v) is 11.5. The first-order chi connectivity index (χ1) is 19.7. The number of imidazole rings is 2. The van der Waals surface area contributed by atoms with E-state index in [1.54, 1.807) is 0 Å².